The number of hydrogen-bond acceptors (Lipinski definition) is 3. The quantitative estimate of drug-likeness (QED) is 0.775. The molecule has 2 aliphatic rings. The van der Waals surface area contributed by atoms with Crippen molar-refractivity contribution >= 4 is 5.69 Å². The van der Waals surface area contributed by atoms with Crippen LogP contribution in [0.5, 0.6) is 0 Å². The fraction of sp³-hybridized carbons (Fsp3) is 0.533. The van der Waals surface area contributed by atoms with Gasteiger partial charge in [0.15, 0.2) is 0 Å². The molecule has 2 heterocycles. The van der Waals surface area contributed by atoms with Crippen molar-refractivity contribution in [2.75, 3.05) is 24.5 Å². The van der Waals surface area contributed by atoms with Crippen LogP contribution in [0.1, 0.15) is 25.3 Å². The smallest absolute Gasteiger partial charge is 0.126 e. The van der Waals surface area contributed by atoms with Gasteiger partial charge < -0.3 is 4.90 Å². The number of piperazine rings is 1. The van der Waals surface area contributed by atoms with Crippen molar-refractivity contribution in [2.45, 2.75) is 31.8 Å². The van der Waals surface area contributed by atoms with Gasteiger partial charge in [-0.15, -0.1) is 0 Å². The van der Waals surface area contributed by atoms with Gasteiger partial charge in [-0.2, -0.15) is 5.26 Å². The van der Waals surface area contributed by atoms with E-state index in [1.807, 2.05) is 6.07 Å². The predicted molar refractivity (Wildman–Crippen MR) is 72.5 cm³/mol. The lowest BCUT2D eigenvalue weighted by Gasteiger charge is -2.43. The van der Waals surface area contributed by atoms with Gasteiger partial charge in [0, 0.05) is 30.9 Å². The first-order valence-electron chi connectivity index (χ1n) is 6.89. The zero-order valence-corrected chi connectivity index (χ0v) is 11.1. The van der Waals surface area contributed by atoms with E-state index in [0.29, 0.717) is 17.6 Å². The highest BCUT2D eigenvalue weighted by atomic mass is 19.1. The topological polar surface area (TPSA) is 30.3 Å². The van der Waals surface area contributed by atoms with Crippen molar-refractivity contribution in [2.24, 2.45) is 0 Å². The first-order chi connectivity index (χ1) is 9.17. The first-order valence-corrected chi connectivity index (χ1v) is 6.89. The fourth-order valence-corrected chi connectivity index (χ4v) is 3.35. The van der Waals surface area contributed by atoms with Gasteiger partial charge in [0.05, 0.1) is 11.6 Å². The summed E-state index contributed by atoms with van der Waals surface area (Å²) in [7, 11) is 0. The van der Waals surface area contributed by atoms with Gasteiger partial charge >= 0.3 is 0 Å². The molecule has 0 aliphatic carbocycles. The number of halogens is 1. The van der Waals surface area contributed by atoms with Gasteiger partial charge in [-0.1, -0.05) is 0 Å². The van der Waals surface area contributed by atoms with Crippen LogP contribution in [-0.4, -0.2) is 36.6 Å². The van der Waals surface area contributed by atoms with E-state index in [-0.39, 0.29) is 5.82 Å². The summed E-state index contributed by atoms with van der Waals surface area (Å²) in [4.78, 5) is 4.78. The number of benzene rings is 1. The Morgan fingerprint density at radius 2 is 2.16 bits per heavy atom. The van der Waals surface area contributed by atoms with Crippen LogP contribution in [0.25, 0.3) is 0 Å². The van der Waals surface area contributed by atoms with E-state index < -0.39 is 0 Å². The monoisotopic (exact) mass is 259 g/mol. The molecule has 2 aliphatic heterocycles. The second-order valence-electron chi connectivity index (χ2n) is 5.60. The number of nitrogens with zero attached hydrogens (tertiary/aromatic N) is 3. The average Bonchev–Trinajstić information content (AvgIpc) is 2.84. The molecule has 19 heavy (non-hydrogen) atoms. The Labute approximate surface area is 113 Å². The molecule has 2 atom stereocenters. The maximum absolute atomic E-state index is 13.6. The summed E-state index contributed by atoms with van der Waals surface area (Å²) < 4.78 is 13.6. The first kappa shape index (κ1) is 12.4. The summed E-state index contributed by atoms with van der Waals surface area (Å²) in [5.41, 5.74) is 1.24. The molecule has 0 N–H and O–H groups in total. The minimum atomic E-state index is -0.324. The summed E-state index contributed by atoms with van der Waals surface area (Å²) in [6, 6.07) is 7.61. The Bertz CT molecular complexity index is 523. The molecule has 1 aromatic rings. The summed E-state index contributed by atoms with van der Waals surface area (Å²) in [6.45, 7) is 5.33. The zero-order valence-electron chi connectivity index (χ0n) is 11.1. The highest BCUT2D eigenvalue weighted by Gasteiger charge is 2.34. The fourth-order valence-electron chi connectivity index (χ4n) is 3.35. The summed E-state index contributed by atoms with van der Waals surface area (Å²) in [5, 5.41) is 8.96. The third kappa shape index (κ3) is 2.31. The normalized spacial score (nSPS) is 27.1. The number of anilines is 1. The minimum absolute atomic E-state index is 0.324. The molecule has 100 valence electrons. The minimum Gasteiger partial charge on any atom is -0.366 e. The van der Waals surface area contributed by atoms with E-state index in [9.17, 15) is 4.39 Å². The third-order valence-corrected chi connectivity index (χ3v) is 4.28. The van der Waals surface area contributed by atoms with Crippen molar-refractivity contribution in [1.29, 1.82) is 5.26 Å². The van der Waals surface area contributed by atoms with Crippen LogP contribution in [-0.2, 0) is 0 Å². The van der Waals surface area contributed by atoms with Gasteiger partial charge in [0.1, 0.15) is 5.82 Å². The van der Waals surface area contributed by atoms with E-state index >= 15 is 0 Å². The lowest BCUT2D eigenvalue weighted by Crippen LogP contribution is -2.55. The van der Waals surface area contributed by atoms with Crippen LogP contribution in [0.15, 0.2) is 18.2 Å². The molecule has 2 fully saturated rings. The van der Waals surface area contributed by atoms with Crippen molar-refractivity contribution in [3.63, 3.8) is 0 Å². The highest BCUT2D eigenvalue weighted by Crippen LogP contribution is 2.29. The Hall–Kier alpha value is -1.60. The largest absolute Gasteiger partial charge is 0.366 e. The Kier molecular flexibility index (Phi) is 3.16. The third-order valence-electron chi connectivity index (χ3n) is 4.28. The zero-order chi connectivity index (χ0) is 13.4. The van der Waals surface area contributed by atoms with Crippen LogP contribution in [0, 0.1) is 17.1 Å². The molecule has 0 aromatic heterocycles. The van der Waals surface area contributed by atoms with Crippen LogP contribution in [0.3, 0.4) is 0 Å². The molecule has 2 saturated heterocycles. The summed E-state index contributed by atoms with van der Waals surface area (Å²) >= 11 is 0. The molecule has 3 rings (SSSR count). The van der Waals surface area contributed by atoms with Gasteiger partial charge in [-0.3, -0.25) is 4.90 Å². The van der Waals surface area contributed by atoms with Crippen molar-refractivity contribution < 1.29 is 4.39 Å². The number of hydrogen-bond donors (Lipinski definition) is 0. The number of nitriles is 1. The molecule has 0 bridgehead atoms. The molecule has 3 nitrogen and oxygen atoms in total. The molecule has 0 saturated carbocycles. The van der Waals surface area contributed by atoms with Crippen molar-refractivity contribution in [1.82, 2.24) is 4.90 Å². The van der Waals surface area contributed by atoms with Gasteiger partial charge in [0.25, 0.3) is 0 Å². The molecular formula is C15H18FN3. The van der Waals surface area contributed by atoms with E-state index in [1.165, 1.54) is 25.5 Å². The molecule has 2 unspecified atom stereocenters. The summed E-state index contributed by atoms with van der Waals surface area (Å²) in [5.74, 6) is -0.324. The maximum Gasteiger partial charge on any atom is 0.126 e. The molecule has 1 aromatic carbocycles. The molecule has 0 spiro atoms. The van der Waals surface area contributed by atoms with Gasteiger partial charge in [-0.25, -0.2) is 4.39 Å². The Balaban J connectivity index is 1.89. The van der Waals surface area contributed by atoms with Crippen LogP contribution >= 0.6 is 0 Å². The second-order valence-corrected chi connectivity index (χ2v) is 5.60. The SMILES string of the molecule is CC1CN2CCCC2CN1c1cc(F)cc(C#N)c1. The van der Waals surface area contributed by atoms with Crippen LogP contribution < -0.4 is 4.90 Å². The van der Waals surface area contributed by atoms with E-state index in [0.717, 1.165) is 18.8 Å². The van der Waals surface area contributed by atoms with E-state index in [2.05, 4.69) is 16.7 Å². The Morgan fingerprint density at radius 1 is 1.32 bits per heavy atom. The number of rotatable bonds is 1. The van der Waals surface area contributed by atoms with E-state index in [1.54, 1.807) is 12.1 Å². The van der Waals surface area contributed by atoms with E-state index in [4.69, 9.17) is 5.26 Å². The molecule has 4 heteroatoms. The van der Waals surface area contributed by atoms with Gasteiger partial charge in [-0.05, 0) is 44.5 Å². The van der Waals surface area contributed by atoms with Crippen LogP contribution in [0.2, 0.25) is 0 Å². The second kappa shape index (κ2) is 4.82. The molecule has 0 amide bonds. The lowest BCUT2D eigenvalue weighted by atomic mass is 10.1. The average molecular weight is 259 g/mol. The highest BCUT2D eigenvalue weighted by molar-refractivity contribution is 5.53. The van der Waals surface area contributed by atoms with Crippen molar-refractivity contribution in [3.05, 3.63) is 29.6 Å². The Morgan fingerprint density at radius 3 is 2.95 bits per heavy atom. The molecule has 0 radical (unpaired) electrons. The number of fused-ring (bicyclic) bond motifs is 1. The summed E-state index contributed by atoms with van der Waals surface area (Å²) in [6.07, 6.45) is 2.49. The predicted octanol–water partition coefficient (Wildman–Crippen LogP) is 2.37. The standard InChI is InChI=1S/C15H18FN3/c1-11-9-18-4-2-3-14(18)10-19(11)15-6-12(8-17)5-13(16)7-15/h5-7,11,14H,2-4,9-10H2,1H3. The van der Waals surface area contributed by atoms with Crippen molar-refractivity contribution in [3.8, 4) is 6.07 Å². The maximum atomic E-state index is 13.6. The molecular weight excluding hydrogens is 241 g/mol. The lowest BCUT2D eigenvalue weighted by molar-refractivity contribution is 0.203. The van der Waals surface area contributed by atoms with Gasteiger partial charge in [0.2, 0.25) is 0 Å². The van der Waals surface area contributed by atoms with Crippen LogP contribution in [0.4, 0.5) is 10.1 Å².